The van der Waals surface area contributed by atoms with Gasteiger partial charge in [-0.3, -0.25) is 14.5 Å². The molecule has 1 heterocycles. The number of nitrogens with zero attached hydrogens (tertiary/aromatic N) is 1. The number of para-hydroxylation sites is 1. The van der Waals surface area contributed by atoms with Gasteiger partial charge in [-0.1, -0.05) is 78.4 Å². The molecule has 0 saturated carbocycles. The number of amides is 3. The molecule has 4 aromatic rings. The smallest absolute Gasteiger partial charge is 0.411 e. The number of hydrogen-bond acceptors (Lipinski definition) is 4. The summed E-state index contributed by atoms with van der Waals surface area (Å²) in [6.45, 7) is 2.17. The molecule has 1 aliphatic rings. The lowest BCUT2D eigenvalue weighted by Crippen LogP contribution is -2.43. The van der Waals surface area contributed by atoms with Gasteiger partial charge in [0.15, 0.2) is 12.1 Å². The Morgan fingerprint density at radius 3 is 2.16 bits per heavy atom. The van der Waals surface area contributed by atoms with E-state index in [4.69, 9.17) is 4.74 Å². The van der Waals surface area contributed by atoms with Crippen LogP contribution in [0.25, 0.3) is 0 Å². The van der Waals surface area contributed by atoms with Crippen molar-refractivity contribution in [1.82, 2.24) is 4.90 Å². The van der Waals surface area contributed by atoms with Crippen LogP contribution in [0.15, 0.2) is 109 Å². The van der Waals surface area contributed by atoms with Crippen LogP contribution in [0.2, 0.25) is 0 Å². The van der Waals surface area contributed by atoms with Crippen LogP contribution in [0.5, 0.6) is 0 Å². The molecule has 7 nitrogen and oxygen atoms in total. The molecule has 190 valence electrons. The Hall–Kier alpha value is -4.91. The molecule has 38 heavy (non-hydrogen) atoms. The first-order valence-electron chi connectivity index (χ1n) is 12.3. The van der Waals surface area contributed by atoms with Gasteiger partial charge in [-0.25, -0.2) is 4.79 Å². The molecule has 1 aliphatic heterocycles. The van der Waals surface area contributed by atoms with Gasteiger partial charge in [0, 0.05) is 16.9 Å². The number of cyclic esters (lactones) is 1. The SMILES string of the molecule is Cc1ccc(C(=O)Nc2cccc([C@H]3OC(=O)N(Cc4ccccc4)[C@H]3C(=O)Nc3ccccc3)c2)cc1. The number of carbonyl (C=O) groups is 3. The molecule has 1 saturated heterocycles. The van der Waals surface area contributed by atoms with Crippen LogP contribution in [-0.2, 0) is 16.1 Å². The number of benzene rings is 4. The van der Waals surface area contributed by atoms with Crippen LogP contribution < -0.4 is 10.6 Å². The van der Waals surface area contributed by atoms with E-state index in [9.17, 15) is 14.4 Å². The van der Waals surface area contributed by atoms with Gasteiger partial charge in [-0.2, -0.15) is 0 Å². The van der Waals surface area contributed by atoms with Crippen molar-refractivity contribution in [2.75, 3.05) is 10.6 Å². The number of nitrogens with one attached hydrogen (secondary N) is 2. The van der Waals surface area contributed by atoms with Crippen molar-refractivity contribution in [2.45, 2.75) is 25.6 Å². The van der Waals surface area contributed by atoms with Crippen molar-refractivity contribution in [3.05, 3.63) is 131 Å². The van der Waals surface area contributed by atoms with Gasteiger partial charge in [-0.05, 0) is 54.4 Å². The van der Waals surface area contributed by atoms with Gasteiger partial charge in [0.1, 0.15) is 0 Å². The molecule has 0 unspecified atom stereocenters. The van der Waals surface area contributed by atoms with Crippen molar-refractivity contribution < 1.29 is 19.1 Å². The maximum absolute atomic E-state index is 13.6. The Kier molecular flexibility index (Phi) is 7.17. The van der Waals surface area contributed by atoms with E-state index in [1.807, 2.05) is 67.6 Å². The predicted molar refractivity (Wildman–Crippen MR) is 146 cm³/mol. The molecule has 2 N–H and O–H groups in total. The fourth-order valence-corrected chi connectivity index (χ4v) is 4.43. The van der Waals surface area contributed by atoms with Crippen LogP contribution in [0.1, 0.15) is 33.2 Å². The van der Waals surface area contributed by atoms with Gasteiger partial charge in [0.05, 0.1) is 6.54 Å². The summed E-state index contributed by atoms with van der Waals surface area (Å²) in [6, 6.07) is 31.9. The van der Waals surface area contributed by atoms with E-state index in [0.717, 1.165) is 11.1 Å². The molecule has 5 rings (SSSR count). The third kappa shape index (κ3) is 5.57. The zero-order chi connectivity index (χ0) is 26.5. The Balaban J connectivity index is 1.42. The first-order valence-corrected chi connectivity index (χ1v) is 12.3. The Morgan fingerprint density at radius 2 is 1.45 bits per heavy atom. The minimum atomic E-state index is -0.925. The fourth-order valence-electron chi connectivity index (χ4n) is 4.43. The second-order valence-corrected chi connectivity index (χ2v) is 9.16. The summed E-state index contributed by atoms with van der Waals surface area (Å²) in [6.07, 6.45) is -1.45. The van der Waals surface area contributed by atoms with Crippen LogP contribution in [0.3, 0.4) is 0 Å². The van der Waals surface area contributed by atoms with Crippen molar-refractivity contribution in [2.24, 2.45) is 0 Å². The highest BCUT2D eigenvalue weighted by Gasteiger charge is 2.47. The molecule has 0 aliphatic carbocycles. The quantitative estimate of drug-likeness (QED) is 0.325. The lowest BCUT2D eigenvalue weighted by atomic mass is 10.00. The monoisotopic (exact) mass is 505 g/mol. The van der Waals surface area contributed by atoms with Gasteiger partial charge in [-0.15, -0.1) is 0 Å². The molecule has 0 aromatic heterocycles. The van der Waals surface area contributed by atoms with Crippen LogP contribution in [0, 0.1) is 6.92 Å². The predicted octanol–water partition coefficient (Wildman–Crippen LogP) is 5.95. The first kappa shape index (κ1) is 24.8. The zero-order valence-corrected chi connectivity index (χ0v) is 20.8. The summed E-state index contributed by atoms with van der Waals surface area (Å²) in [5, 5.41) is 5.80. The molecular weight excluding hydrogens is 478 g/mol. The van der Waals surface area contributed by atoms with Crippen molar-refractivity contribution in [1.29, 1.82) is 0 Å². The number of carbonyl (C=O) groups excluding carboxylic acids is 3. The zero-order valence-electron chi connectivity index (χ0n) is 20.8. The van der Waals surface area contributed by atoms with Crippen LogP contribution in [-0.4, -0.2) is 28.8 Å². The minimum Gasteiger partial charge on any atom is -0.438 e. The van der Waals surface area contributed by atoms with Crippen LogP contribution in [0.4, 0.5) is 16.2 Å². The molecule has 2 atom stereocenters. The van der Waals surface area contributed by atoms with Crippen molar-refractivity contribution in [3.8, 4) is 0 Å². The second kappa shape index (κ2) is 11.0. The number of ether oxygens (including phenoxy) is 1. The summed E-state index contributed by atoms with van der Waals surface area (Å²) in [7, 11) is 0. The van der Waals surface area contributed by atoms with Gasteiger partial charge in [0.25, 0.3) is 11.8 Å². The largest absolute Gasteiger partial charge is 0.438 e. The van der Waals surface area contributed by atoms with E-state index in [1.165, 1.54) is 4.90 Å². The molecule has 1 fully saturated rings. The Labute approximate surface area is 221 Å². The molecule has 3 amide bonds. The topological polar surface area (TPSA) is 87.7 Å². The summed E-state index contributed by atoms with van der Waals surface area (Å²) < 4.78 is 5.77. The van der Waals surface area contributed by atoms with Gasteiger partial charge in [0.2, 0.25) is 0 Å². The molecule has 4 aromatic carbocycles. The van der Waals surface area contributed by atoms with E-state index in [-0.39, 0.29) is 18.4 Å². The minimum absolute atomic E-state index is 0.215. The van der Waals surface area contributed by atoms with E-state index < -0.39 is 18.2 Å². The fraction of sp³-hybridized carbons (Fsp3) is 0.129. The summed E-state index contributed by atoms with van der Waals surface area (Å²) in [5.41, 5.74) is 4.22. The third-order valence-electron chi connectivity index (χ3n) is 6.38. The number of anilines is 2. The molecule has 0 spiro atoms. The maximum Gasteiger partial charge on any atom is 0.411 e. The Morgan fingerprint density at radius 1 is 0.789 bits per heavy atom. The summed E-state index contributed by atoms with van der Waals surface area (Å²) in [5.74, 6) is -0.619. The molecule has 0 radical (unpaired) electrons. The van der Waals surface area contributed by atoms with E-state index in [0.29, 0.717) is 22.5 Å². The average Bonchev–Trinajstić information content (AvgIpc) is 3.26. The number of rotatable bonds is 7. The van der Waals surface area contributed by atoms with E-state index in [1.54, 1.807) is 48.5 Å². The maximum atomic E-state index is 13.6. The lowest BCUT2D eigenvalue weighted by molar-refractivity contribution is -0.121. The first-order chi connectivity index (χ1) is 18.5. The average molecular weight is 506 g/mol. The number of hydrogen-bond donors (Lipinski definition) is 2. The van der Waals surface area contributed by atoms with E-state index >= 15 is 0 Å². The lowest BCUT2D eigenvalue weighted by Gasteiger charge is -2.24. The standard InChI is InChI=1S/C31H27N3O4/c1-21-15-17-23(18-16-21)29(35)33-26-14-8-11-24(19-26)28-27(30(36)32-25-12-6-3-7-13-25)34(31(37)38-28)20-22-9-4-2-5-10-22/h2-19,27-28H,20H2,1H3,(H,32,36)(H,33,35)/t27-,28-/m1/s1. The van der Waals surface area contributed by atoms with E-state index in [2.05, 4.69) is 10.6 Å². The van der Waals surface area contributed by atoms with Crippen molar-refractivity contribution >= 4 is 29.3 Å². The summed E-state index contributed by atoms with van der Waals surface area (Å²) in [4.78, 5) is 40.8. The van der Waals surface area contributed by atoms with Gasteiger partial charge >= 0.3 is 6.09 Å². The number of aryl methyl sites for hydroxylation is 1. The third-order valence-corrected chi connectivity index (χ3v) is 6.38. The molecule has 7 heteroatoms. The second-order valence-electron chi connectivity index (χ2n) is 9.16. The van der Waals surface area contributed by atoms with Crippen molar-refractivity contribution in [3.63, 3.8) is 0 Å². The highest BCUT2D eigenvalue weighted by atomic mass is 16.6. The van der Waals surface area contributed by atoms with Gasteiger partial charge < -0.3 is 15.4 Å². The van der Waals surface area contributed by atoms with Crippen LogP contribution >= 0.6 is 0 Å². The summed E-state index contributed by atoms with van der Waals surface area (Å²) >= 11 is 0. The Bertz CT molecular complexity index is 1440. The molecule has 0 bridgehead atoms. The highest BCUT2D eigenvalue weighted by Crippen LogP contribution is 2.35. The highest BCUT2D eigenvalue weighted by molar-refractivity contribution is 6.04. The normalized spacial score (nSPS) is 16.6. The molecular formula is C31H27N3O4.